The fourth-order valence-electron chi connectivity index (χ4n) is 1.74. The lowest BCUT2D eigenvalue weighted by Crippen LogP contribution is -2.08. The summed E-state index contributed by atoms with van der Waals surface area (Å²) in [5.74, 6) is 0.191. The SMILES string of the molecule is C[C@@H](N)c1ccc(F)cc1OCc1ccccc1. The first-order valence-corrected chi connectivity index (χ1v) is 5.88. The number of benzene rings is 2. The summed E-state index contributed by atoms with van der Waals surface area (Å²) in [7, 11) is 0. The highest BCUT2D eigenvalue weighted by Crippen LogP contribution is 2.25. The maximum absolute atomic E-state index is 13.2. The van der Waals surface area contributed by atoms with Crippen molar-refractivity contribution in [3.63, 3.8) is 0 Å². The first-order valence-electron chi connectivity index (χ1n) is 5.88. The molecule has 0 spiro atoms. The molecule has 2 nitrogen and oxygen atoms in total. The van der Waals surface area contributed by atoms with Gasteiger partial charge in [-0.15, -0.1) is 0 Å². The summed E-state index contributed by atoms with van der Waals surface area (Å²) < 4.78 is 18.9. The molecule has 94 valence electrons. The normalized spacial score (nSPS) is 12.2. The second-order valence-corrected chi connectivity index (χ2v) is 4.25. The first kappa shape index (κ1) is 12.6. The molecule has 0 aromatic heterocycles. The molecule has 0 aliphatic heterocycles. The molecule has 0 unspecified atom stereocenters. The van der Waals surface area contributed by atoms with Gasteiger partial charge in [0.2, 0.25) is 0 Å². The van der Waals surface area contributed by atoms with Crippen LogP contribution in [-0.4, -0.2) is 0 Å². The lowest BCUT2D eigenvalue weighted by atomic mass is 10.1. The van der Waals surface area contributed by atoms with Gasteiger partial charge in [0.25, 0.3) is 0 Å². The molecule has 0 amide bonds. The highest BCUT2D eigenvalue weighted by molar-refractivity contribution is 5.36. The van der Waals surface area contributed by atoms with Crippen molar-refractivity contribution in [3.05, 3.63) is 65.5 Å². The summed E-state index contributed by atoms with van der Waals surface area (Å²) >= 11 is 0. The predicted octanol–water partition coefficient (Wildman–Crippen LogP) is 3.42. The van der Waals surface area contributed by atoms with E-state index in [9.17, 15) is 4.39 Å². The molecule has 2 aromatic rings. The lowest BCUT2D eigenvalue weighted by Gasteiger charge is -2.14. The van der Waals surface area contributed by atoms with Gasteiger partial charge >= 0.3 is 0 Å². The molecule has 0 aliphatic rings. The Bertz CT molecular complexity index is 511. The van der Waals surface area contributed by atoms with Crippen molar-refractivity contribution in [1.29, 1.82) is 0 Å². The molecule has 0 heterocycles. The van der Waals surface area contributed by atoms with E-state index in [0.717, 1.165) is 11.1 Å². The highest BCUT2D eigenvalue weighted by atomic mass is 19.1. The second kappa shape index (κ2) is 5.65. The summed E-state index contributed by atoms with van der Waals surface area (Å²) in [6.45, 7) is 2.26. The minimum Gasteiger partial charge on any atom is -0.488 e. The zero-order valence-corrected chi connectivity index (χ0v) is 10.3. The second-order valence-electron chi connectivity index (χ2n) is 4.25. The Hall–Kier alpha value is -1.87. The molecule has 2 N–H and O–H groups in total. The minimum atomic E-state index is -0.317. The Kier molecular flexibility index (Phi) is 3.95. The molecule has 0 radical (unpaired) electrons. The van der Waals surface area contributed by atoms with Crippen LogP contribution in [0.4, 0.5) is 4.39 Å². The molecule has 0 fully saturated rings. The van der Waals surface area contributed by atoms with Crippen LogP contribution in [0.5, 0.6) is 5.75 Å². The number of rotatable bonds is 4. The van der Waals surface area contributed by atoms with Crippen LogP contribution in [0.1, 0.15) is 24.1 Å². The Morgan fingerprint density at radius 2 is 1.89 bits per heavy atom. The van der Waals surface area contributed by atoms with Gasteiger partial charge in [-0.2, -0.15) is 0 Å². The Balaban J connectivity index is 2.15. The summed E-state index contributed by atoms with van der Waals surface area (Å²) in [6.07, 6.45) is 0. The molecule has 0 bridgehead atoms. The zero-order chi connectivity index (χ0) is 13.0. The van der Waals surface area contributed by atoms with Crippen LogP contribution < -0.4 is 10.5 Å². The van der Waals surface area contributed by atoms with Crippen LogP contribution in [0.3, 0.4) is 0 Å². The Labute approximate surface area is 106 Å². The van der Waals surface area contributed by atoms with E-state index in [1.165, 1.54) is 12.1 Å². The molecular weight excluding hydrogens is 229 g/mol. The van der Waals surface area contributed by atoms with Gasteiger partial charge in [-0.1, -0.05) is 36.4 Å². The van der Waals surface area contributed by atoms with Crippen molar-refractivity contribution < 1.29 is 9.13 Å². The third kappa shape index (κ3) is 3.08. The average molecular weight is 245 g/mol. The van der Waals surface area contributed by atoms with Gasteiger partial charge in [0.15, 0.2) is 0 Å². The highest BCUT2D eigenvalue weighted by Gasteiger charge is 2.09. The van der Waals surface area contributed by atoms with Gasteiger partial charge in [0.1, 0.15) is 18.2 Å². The van der Waals surface area contributed by atoms with E-state index < -0.39 is 0 Å². The van der Waals surface area contributed by atoms with Gasteiger partial charge in [-0.05, 0) is 18.6 Å². The zero-order valence-electron chi connectivity index (χ0n) is 10.3. The van der Waals surface area contributed by atoms with Crippen LogP contribution in [-0.2, 0) is 6.61 Å². The van der Waals surface area contributed by atoms with Crippen LogP contribution >= 0.6 is 0 Å². The molecule has 0 saturated heterocycles. The molecular formula is C15H16FNO. The largest absolute Gasteiger partial charge is 0.488 e. The van der Waals surface area contributed by atoms with E-state index in [2.05, 4.69) is 0 Å². The third-order valence-electron chi connectivity index (χ3n) is 2.70. The molecule has 2 rings (SSSR count). The standard InChI is InChI=1S/C15H16FNO/c1-11(17)14-8-7-13(16)9-15(14)18-10-12-5-3-2-4-6-12/h2-9,11H,10,17H2,1H3/t11-/m1/s1. The number of ether oxygens (including phenoxy) is 1. The van der Waals surface area contributed by atoms with E-state index >= 15 is 0 Å². The fourth-order valence-corrected chi connectivity index (χ4v) is 1.74. The van der Waals surface area contributed by atoms with Crippen LogP contribution in [0.25, 0.3) is 0 Å². The van der Waals surface area contributed by atoms with Gasteiger partial charge in [0.05, 0.1) is 0 Å². The van der Waals surface area contributed by atoms with Gasteiger partial charge in [0, 0.05) is 17.7 Å². The van der Waals surface area contributed by atoms with Crippen molar-refractivity contribution in [3.8, 4) is 5.75 Å². The molecule has 3 heteroatoms. The topological polar surface area (TPSA) is 35.2 Å². The lowest BCUT2D eigenvalue weighted by molar-refractivity contribution is 0.300. The minimum absolute atomic E-state index is 0.184. The molecule has 1 atom stereocenters. The van der Waals surface area contributed by atoms with Crippen LogP contribution in [0.2, 0.25) is 0 Å². The van der Waals surface area contributed by atoms with Gasteiger partial charge in [-0.25, -0.2) is 4.39 Å². The maximum atomic E-state index is 13.2. The summed E-state index contributed by atoms with van der Waals surface area (Å²) in [6, 6.07) is 14.0. The average Bonchev–Trinajstić information content (AvgIpc) is 2.37. The third-order valence-corrected chi connectivity index (χ3v) is 2.70. The van der Waals surface area contributed by atoms with Gasteiger partial charge in [-0.3, -0.25) is 0 Å². The van der Waals surface area contributed by atoms with E-state index in [-0.39, 0.29) is 11.9 Å². The predicted molar refractivity (Wildman–Crippen MR) is 69.8 cm³/mol. The quantitative estimate of drug-likeness (QED) is 0.895. The molecule has 0 saturated carbocycles. The number of halogens is 1. The number of nitrogens with two attached hydrogens (primary N) is 1. The van der Waals surface area contributed by atoms with Crippen molar-refractivity contribution >= 4 is 0 Å². The summed E-state index contributed by atoms with van der Waals surface area (Å²) in [5.41, 5.74) is 7.68. The van der Waals surface area contributed by atoms with Crippen molar-refractivity contribution in [1.82, 2.24) is 0 Å². The Morgan fingerprint density at radius 3 is 2.56 bits per heavy atom. The first-order chi connectivity index (χ1) is 8.66. The van der Waals surface area contributed by atoms with Crippen molar-refractivity contribution in [2.75, 3.05) is 0 Å². The van der Waals surface area contributed by atoms with E-state index in [1.54, 1.807) is 6.07 Å². The summed E-state index contributed by atoms with van der Waals surface area (Å²) in [5, 5.41) is 0. The van der Waals surface area contributed by atoms with Crippen LogP contribution in [0, 0.1) is 5.82 Å². The smallest absolute Gasteiger partial charge is 0.127 e. The summed E-state index contributed by atoms with van der Waals surface area (Å²) in [4.78, 5) is 0. The molecule has 0 aliphatic carbocycles. The molecule has 18 heavy (non-hydrogen) atoms. The van der Waals surface area contributed by atoms with Crippen LogP contribution in [0.15, 0.2) is 48.5 Å². The van der Waals surface area contributed by atoms with E-state index in [0.29, 0.717) is 12.4 Å². The van der Waals surface area contributed by atoms with Crippen molar-refractivity contribution in [2.45, 2.75) is 19.6 Å². The van der Waals surface area contributed by atoms with Crippen molar-refractivity contribution in [2.24, 2.45) is 5.73 Å². The fraction of sp³-hybridized carbons (Fsp3) is 0.200. The number of hydrogen-bond acceptors (Lipinski definition) is 2. The maximum Gasteiger partial charge on any atom is 0.127 e. The monoisotopic (exact) mass is 245 g/mol. The van der Waals surface area contributed by atoms with E-state index in [1.807, 2.05) is 37.3 Å². The Morgan fingerprint density at radius 1 is 1.17 bits per heavy atom. The van der Waals surface area contributed by atoms with Gasteiger partial charge < -0.3 is 10.5 Å². The molecule has 2 aromatic carbocycles. The number of hydrogen-bond donors (Lipinski definition) is 1. The van der Waals surface area contributed by atoms with E-state index in [4.69, 9.17) is 10.5 Å².